The zero-order valence-electron chi connectivity index (χ0n) is 45.0. The minimum absolute atomic E-state index is 0.0206. The third-order valence-corrected chi connectivity index (χ3v) is 11.9. The molecule has 0 aromatic heterocycles. The Balaban J connectivity index is 2.51. The van der Waals surface area contributed by atoms with Gasteiger partial charge >= 0.3 is 5.97 Å². The molecule has 0 saturated heterocycles. The molecule has 0 aliphatic rings. The zero-order chi connectivity index (χ0) is 59.4. The van der Waals surface area contributed by atoms with E-state index < -0.39 is 96.2 Å². The molecule has 0 spiro atoms. The number of guanidine groups is 4. The topological polar surface area (TPSA) is 551 Å². The first-order chi connectivity index (χ1) is 38.1. The number of carboxylic acids is 1. The number of carbonyl (C=O) groups is 8. The Morgan fingerprint density at radius 3 is 1.11 bits per heavy atom. The zero-order valence-corrected chi connectivity index (χ0v) is 45.0. The van der Waals surface area contributed by atoms with E-state index in [1.165, 1.54) is 0 Å². The summed E-state index contributed by atoms with van der Waals surface area (Å²) in [6.07, 6.45) is 1.59. The van der Waals surface area contributed by atoms with Crippen molar-refractivity contribution in [3.63, 3.8) is 0 Å². The van der Waals surface area contributed by atoms with Crippen molar-refractivity contribution in [1.29, 1.82) is 0 Å². The van der Waals surface area contributed by atoms with Crippen molar-refractivity contribution in [2.75, 3.05) is 39.3 Å². The molecule has 0 heterocycles. The van der Waals surface area contributed by atoms with E-state index in [-0.39, 0.29) is 121 Å². The summed E-state index contributed by atoms with van der Waals surface area (Å²) in [7, 11) is 0. The van der Waals surface area contributed by atoms with Gasteiger partial charge in [0.15, 0.2) is 23.8 Å². The van der Waals surface area contributed by atoms with Crippen LogP contribution in [0.5, 0.6) is 0 Å². The van der Waals surface area contributed by atoms with Gasteiger partial charge in [0.2, 0.25) is 41.4 Å². The largest absolute Gasteiger partial charge is 0.480 e. The second-order valence-electron chi connectivity index (χ2n) is 18.5. The van der Waals surface area contributed by atoms with Crippen LogP contribution in [0.15, 0.2) is 80.6 Å². The van der Waals surface area contributed by atoms with Gasteiger partial charge in [-0.3, -0.25) is 53.5 Å². The second kappa shape index (κ2) is 37.9. The molecule has 7 atom stereocenters. The highest BCUT2D eigenvalue weighted by Crippen LogP contribution is 2.12. The first-order valence-corrected chi connectivity index (χ1v) is 26.2. The van der Waals surface area contributed by atoms with Crippen molar-refractivity contribution < 1.29 is 43.5 Å². The monoisotopic (exact) mass is 1120 g/mol. The minimum Gasteiger partial charge on any atom is -0.480 e. The van der Waals surface area contributed by atoms with Gasteiger partial charge in [-0.2, -0.15) is 0 Å². The molecular weight excluding hydrogens is 1040 g/mol. The van der Waals surface area contributed by atoms with Gasteiger partial charge in [0.1, 0.15) is 36.3 Å². The smallest absolute Gasteiger partial charge is 0.326 e. The third kappa shape index (κ3) is 29.1. The summed E-state index contributed by atoms with van der Waals surface area (Å²) >= 11 is 0. The first-order valence-electron chi connectivity index (χ1n) is 26.2. The maximum Gasteiger partial charge on any atom is 0.326 e. The average molecular weight is 1120 g/mol. The van der Waals surface area contributed by atoms with Gasteiger partial charge < -0.3 is 99.7 Å². The fourth-order valence-electron chi connectivity index (χ4n) is 7.74. The maximum absolute atomic E-state index is 14.7. The van der Waals surface area contributed by atoms with Crippen molar-refractivity contribution >= 4 is 71.2 Å². The Morgan fingerprint density at radius 1 is 0.412 bits per heavy atom. The lowest BCUT2D eigenvalue weighted by Gasteiger charge is -2.28. The van der Waals surface area contributed by atoms with Gasteiger partial charge in [-0.1, -0.05) is 60.7 Å². The van der Waals surface area contributed by atoms with Crippen LogP contribution in [-0.4, -0.2) is 158 Å². The van der Waals surface area contributed by atoms with Crippen molar-refractivity contribution in [3.8, 4) is 0 Å². The molecule has 0 aliphatic carbocycles. The summed E-state index contributed by atoms with van der Waals surface area (Å²) in [6.45, 7) is 0.152. The number of carboxylic acid groups (broad SMARTS) is 1. The SMILES string of the molecule is NCCCC[C@H](NC(=O)[C@H](CCCN=C(N)N)NC(=O)CNC(=O)[C@@H](N)CCCN=C(N)N)C(=O)N[C@@H](Cc1ccccc1)C(=O)N[C@@H](Cc1ccccc1)C(=O)N[C@@H](CCCN=C(N)N)C(=O)N[C@@H](CCCN=C(N)N)C(=O)O. The van der Waals surface area contributed by atoms with E-state index in [1.54, 1.807) is 60.7 Å². The maximum atomic E-state index is 14.7. The molecular formula is C50H83N21O9. The van der Waals surface area contributed by atoms with E-state index in [2.05, 4.69) is 57.2 Å². The number of nitrogens with two attached hydrogens (primary N) is 10. The van der Waals surface area contributed by atoms with E-state index in [0.717, 1.165) is 0 Å². The Morgan fingerprint density at radius 2 is 0.738 bits per heavy atom. The van der Waals surface area contributed by atoms with Gasteiger partial charge in [-0.25, -0.2) is 4.79 Å². The van der Waals surface area contributed by atoms with Crippen LogP contribution >= 0.6 is 0 Å². The van der Waals surface area contributed by atoms with Crippen LogP contribution in [-0.2, 0) is 51.2 Å². The number of hydrogen-bond donors (Lipinski definition) is 18. The predicted molar refractivity (Wildman–Crippen MR) is 303 cm³/mol. The molecule has 0 fully saturated rings. The van der Waals surface area contributed by atoms with E-state index in [4.69, 9.17) is 57.3 Å². The van der Waals surface area contributed by atoms with E-state index >= 15 is 0 Å². The average Bonchev–Trinajstić information content (AvgIpc) is 3.42. The van der Waals surface area contributed by atoms with Crippen LogP contribution in [0.1, 0.15) is 81.8 Å². The number of benzene rings is 2. The van der Waals surface area contributed by atoms with Crippen LogP contribution in [0.3, 0.4) is 0 Å². The molecule has 442 valence electrons. The van der Waals surface area contributed by atoms with Gasteiger partial charge in [0.25, 0.3) is 0 Å². The highest BCUT2D eigenvalue weighted by atomic mass is 16.4. The molecule has 30 heteroatoms. The summed E-state index contributed by atoms with van der Waals surface area (Å²) in [6, 6.07) is 8.13. The van der Waals surface area contributed by atoms with E-state index in [1.807, 2.05) is 0 Å². The Kier molecular flexibility index (Phi) is 31.9. The lowest BCUT2D eigenvalue weighted by Crippen LogP contribution is -2.60. The molecule has 7 amide bonds. The molecule has 0 radical (unpaired) electrons. The molecule has 80 heavy (non-hydrogen) atoms. The number of hydrogen-bond acceptors (Lipinski definition) is 14. The molecule has 30 nitrogen and oxygen atoms in total. The number of nitrogens with one attached hydrogen (secondary N) is 7. The van der Waals surface area contributed by atoms with Gasteiger partial charge in [-0.05, 0) is 88.3 Å². The van der Waals surface area contributed by atoms with Crippen molar-refractivity contribution in [1.82, 2.24) is 37.2 Å². The molecule has 0 aliphatic heterocycles. The quantitative estimate of drug-likeness (QED) is 0.0168. The van der Waals surface area contributed by atoms with Gasteiger partial charge in [0.05, 0.1) is 12.6 Å². The van der Waals surface area contributed by atoms with Crippen molar-refractivity contribution in [2.24, 2.45) is 77.3 Å². The van der Waals surface area contributed by atoms with Crippen LogP contribution < -0.4 is 94.6 Å². The molecule has 0 unspecified atom stereocenters. The van der Waals surface area contributed by atoms with Crippen molar-refractivity contribution in [2.45, 2.75) is 126 Å². The molecule has 28 N–H and O–H groups in total. The van der Waals surface area contributed by atoms with Gasteiger partial charge in [0, 0.05) is 39.0 Å². The third-order valence-electron chi connectivity index (χ3n) is 11.9. The number of rotatable bonds is 39. The van der Waals surface area contributed by atoms with Crippen molar-refractivity contribution in [3.05, 3.63) is 71.8 Å². The summed E-state index contributed by atoms with van der Waals surface area (Å²) in [5, 5.41) is 28.4. The lowest BCUT2D eigenvalue weighted by molar-refractivity contribution is -0.142. The first kappa shape index (κ1) is 67.3. The molecule has 0 bridgehead atoms. The van der Waals surface area contributed by atoms with Crippen LogP contribution in [0.2, 0.25) is 0 Å². The fourth-order valence-corrected chi connectivity index (χ4v) is 7.74. The highest BCUT2D eigenvalue weighted by Gasteiger charge is 2.34. The minimum atomic E-state index is -1.40. The van der Waals surface area contributed by atoms with E-state index in [0.29, 0.717) is 30.4 Å². The number of amides is 7. The number of aliphatic carboxylic acids is 1. The standard InChI is InChI=1S/C50H83N21O9/c51-22-8-7-18-34(67-41(74)33(19-10-24-62-48(55)56)66-39(72)29-65-40(73)32(52)17-9-23-61-47(53)54)43(76)70-38(28-31-15-5-2-6-16-31)45(78)71-37(27-30-13-3-1-4-14-30)44(77)68-35(20-11-25-63-49(57)58)42(75)69-36(46(79)80)21-12-26-64-50(59)60/h1-6,13-16,32-38H,7-12,17-29,51-52H2,(H,65,73)(H,66,72)(H,67,74)(H,68,77)(H,69,75)(H,70,76)(H,71,78)(H,79,80)(H4,53,54,61)(H4,55,56,62)(H4,57,58,63)(H4,59,60,64)/t32-,33-,34-,35-,36-,37-,38-/m0/s1. The van der Waals surface area contributed by atoms with E-state index in [9.17, 15) is 43.5 Å². The summed E-state index contributed by atoms with van der Waals surface area (Å²) in [5.41, 5.74) is 56.5. The van der Waals surface area contributed by atoms with Crippen LogP contribution in [0.4, 0.5) is 0 Å². The summed E-state index contributed by atoms with van der Waals surface area (Å²) in [4.78, 5) is 126. The second-order valence-corrected chi connectivity index (χ2v) is 18.5. The number of unbranched alkanes of at least 4 members (excludes halogenated alkanes) is 1. The summed E-state index contributed by atoms with van der Waals surface area (Å²) in [5.74, 6) is -7.58. The Hall–Kier alpha value is -8.80. The Bertz CT molecular complexity index is 2400. The number of aliphatic imine (C=N–C) groups is 4. The fraction of sp³-hybridized carbons (Fsp3) is 0.520. The predicted octanol–water partition coefficient (Wildman–Crippen LogP) is -5.75. The van der Waals surface area contributed by atoms with Crippen LogP contribution in [0, 0.1) is 0 Å². The Labute approximate surface area is 464 Å². The van der Waals surface area contributed by atoms with Crippen LogP contribution in [0.25, 0.3) is 0 Å². The summed E-state index contributed by atoms with van der Waals surface area (Å²) < 4.78 is 0. The highest BCUT2D eigenvalue weighted by molar-refractivity contribution is 5.97. The van der Waals surface area contributed by atoms with Gasteiger partial charge in [-0.15, -0.1) is 0 Å². The molecule has 2 aromatic rings. The normalized spacial score (nSPS) is 13.3. The number of nitrogens with zero attached hydrogens (tertiary/aromatic N) is 4. The molecule has 2 aromatic carbocycles. The molecule has 2 rings (SSSR count). The lowest BCUT2D eigenvalue weighted by atomic mass is 10.0. The molecule has 0 saturated carbocycles. The number of carbonyl (C=O) groups excluding carboxylic acids is 7.